The lowest BCUT2D eigenvalue weighted by Crippen LogP contribution is -2.50. The van der Waals surface area contributed by atoms with Crippen LogP contribution in [0.2, 0.25) is 0 Å². The van der Waals surface area contributed by atoms with Gasteiger partial charge in [0.2, 0.25) is 0 Å². The molecule has 1 aliphatic heterocycles. The van der Waals surface area contributed by atoms with Gasteiger partial charge in [0.15, 0.2) is 5.82 Å². The van der Waals surface area contributed by atoms with Crippen molar-refractivity contribution in [3.05, 3.63) is 12.2 Å². The molecular formula is C12H21N5O2. The molecule has 2 heterocycles. The minimum atomic E-state index is -0.580. The lowest BCUT2D eigenvalue weighted by atomic mass is 9.98. The lowest BCUT2D eigenvalue weighted by molar-refractivity contribution is 0.0456. The molecule has 1 aromatic heterocycles. The summed E-state index contributed by atoms with van der Waals surface area (Å²) in [6, 6.07) is 0. The lowest BCUT2D eigenvalue weighted by Gasteiger charge is -2.28. The van der Waals surface area contributed by atoms with E-state index in [-0.39, 0.29) is 0 Å². The summed E-state index contributed by atoms with van der Waals surface area (Å²) in [6.45, 7) is 6.94. The Morgan fingerprint density at radius 2 is 2.32 bits per heavy atom. The molecule has 1 unspecified atom stereocenters. The smallest absolute Gasteiger partial charge is 0.408 e. The third-order valence-corrected chi connectivity index (χ3v) is 2.92. The fourth-order valence-corrected chi connectivity index (χ4v) is 2.10. The number of amides is 1. The third-order valence-electron chi connectivity index (χ3n) is 2.92. The van der Waals surface area contributed by atoms with Crippen molar-refractivity contribution in [1.29, 1.82) is 0 Å². The Labute approximate surface area is 112 Å². The topological polar surface area (TPSA) is 81.1 Å². The molecule has 19 heavy (non-hydrogen) atoms. The number of hydrogen-bond donors (Lipinski definition) is 2. The number of ether oxygens (including phenoxy) is 1. The first-order chi connectivity index (χ1) is 8.81. The number of hydrogen-bond acceptors (Lipinski definition) is 5. The summed E-state index contributed by atoms with van der Waals surface area (Å²) in [6.07, 6.45) is 1.94. The van der Waals surface area contributed by atoms with Crippen molar-refractivity contribution in [3.8, 4) is 0 Å². The van der Waals surface area contributed by atoms with E-state index in [0.29, 0.717) is 12.4 Å². The van der Waals surface area contributed by atoms with E-state index in [2.05, 4.69) is 20.7 Å². The van der Waals surface area contributed by atoms with Crippen LogP contribution < -0.4 is 10.6 Å². The predicted molar refractivity (Wildman–Crippen MR) is 69.5 cm³/mol. The Hall–Kier alpha value is -1.63. The highest BCUT2D eigenvalue weighted by atomic mass is 16.6. The van der Waals surface area contributed by atoms with Gasteiger partial charge < -0.3 is 15.4 Å². The Morgan fingerprint density at radius 3 is 2.79 bits per heavy atom. The largest absolute Gasteiger partial charge is 0.444 e. The molecule has 1 saturated heterocycles. The van der Waals surface area contributed by atoms with Gasteiger partial charge >= 0.3 is 6.09 Å². The zero-order valence-electron chi connectivity index (χ0n) is 11.9. The average Bonchev–Trinajstić information content (AvgIpc) is 2.84. The molecule has 1 amide bonds. The highest BCUT2D eigenvalue weighted by Crippen LogP contribution is 2.25. The van der Waals surface area contributed by atoms with Crippen LogP contribution in [0.5, 0.6) is 0 Å². The molecule has 106 valence electrons. The molecule has 0 radical (unpaired) electrons. The molecule has 1 aromatic rings. The zero-order valence-corrected chi connectivity index (χ0v) is 11.9. The second kappa shape index (κ2) is 4.80. The molecule has 1 atom stereocenters. The van der Waals surface area contributed by atoms with Gasteiger partial charge in [0, 0.05) is 13.6 Å². The van der Waals surface area contributed by atoms with E-state index in [0.717, 1.165) is 13.0 Å². The molecule has 7 nitrogen and oxygen atoms in total. The van der Waals surface area contributed by atoms with Crippen LogP contribution in [0.25, 0.3) is 0 Å². The number of aryl methyl sites for hydroxylation is 1. The Balaban J connectivity index is 2.15. The van der Waals surface area contributed by atoms with Crippen LogP contribution in [0, 0.1) is 0 Å². The van der Waals surface area contributed by atoms with Gasteiger partial charge in [0.1, 0.15) is 17.5 Å². The number of alkyl carbamates (subject to hydrolysis) is 1. The molecule has 0 bridgehead atoms. The van der Waals surface area contributed by atoms with E-state index in [1.807, 2.05) is 20.8 Å². The number of carbonyl (C=O) groups is 1. The minimum absolute atomic E-state index is 0.441. The molecule has 2 rings (SSSR count). The molecule has 1 fully saturated rings. The van der Waals surface area contributed by atoms with Gasteiger partial charge in [-0.25, -0.2) is 9.78 Å². The molecule has 0 aliphatic carbocycles. The number of nitrogens with zero attached hydrogens (tertiary/aromatic N) is 3. The summed E-state index contributed by atoms with van der Waals surface area (Å²) in [7, 11) is 1.81. The third kappa shape index (κ3) is 3.23. The maximum absolute atomic E-state index is 12.0. The van der Waals surface area contributed by atoms with Gasteiger partial charge in [-0.3, -0.25) is 4.68 Å². The molecule has 0 saturated carbocycles. The van der Waals surface area contributed by atoms with Crippen LogP contribution in [0.4, 0.5) is 4.79 Å². The van der Waals surface area contributed by atoms with E-state index in [4.69, 9.17) is 4.74 Å². The zero-order chi connectivity index (χ0) is 14.1. The van der Waals surface area contributed by atoms with E-state index >= 15 is 0 Å². The molecule has 7 heteroatoms. The highest BCUT2D eigenvalue weighted by Gasteiger charge is 2.41. The minimum Gasteiger partial charge on any atom is -0.444 e. The summed E-state index contributed by atoms with van der Waals surface area (Å²) in [4.78, 5) is 16.2. The van der Waals surface area contributed by atoms with Crippen molar-refractivity contribution < 1.29 is 9.53 Å². The molecule has 1 aliphatic rings. The van der Waals surface area contributed by atoms with Crippen molar-refractivity contribution in [3.63, 3.8) is 0 Å². The SMILES string of the molecule is Cn1cnc(C2(NC(=O)OC(C)(C)C)CCNC2)n1. The first-order valence-corrected chi connectivity index (χ1v) is 6.39. The number of rotatable bonds is 2. The van der Waals surface area contributed by atoms with Crippen LogP contribution >= 0.6 is 0 Å². The fraction of sp³-hybridized carbons (Fsp3) is 0.750. The number of carbonyl (C=O) groups excluding carboxylic acids is 1. The Morgan fingerprint density at radius 1 is 1.58 bits per heavy atom. The van der Waals surface area contributed by atoms with Crippen molar-refractivity contribution in [2.45, 2.75) is 38.3 Å². The molecule has 0 spiro atoms. The van der Waals surface area contributed by atoms with Gasteiger partial charge in [0.25, 0.3) is 0 Å². The first kappa shape index (κ1) is 13.8. The van der Waals surface area contributed by atoms with Crippen LogP contribution in [0.15, 0.2) is 6.33 Å². The standard InChI is InChI=1S/C12H21N5O2/c1-11(2,3)19-10(18)15-12(5-6-13-7-12)9-14-8-17(4)16-9/h8,13H,5-7H2,1-4H3,(H,15,18). The normalized spacial score (nSPS) is 23.4. The maximum Gasteiger partial charge on any atom is 0.408 e. The van der Waals surface area contributed by atoms with E-state index < -0.39 is 17.2 Å². The van der Waals surface area contributed by atoms with Crippen molar-refractivity contribution in [2.24, 2.45) is 7.05 Å². The van der Waals surface area contributed by atoms with Crippen molar-refractivity contribution >= 4 is 6.09 Å². The summed E-state index contributed by atoms with van der Waals surface area (Å²) < 4.78 is 6.94. The Kier molecular flexibility index (Phi) is 3.49. The summed E-state index contributed by atoms with van der Waals surface area (Å²) in [5.74, 6) is 0.617. The average molecular weight is 267 g/mol. The van der Waals surface area contributed by atoms with Crippen LogP contribution in [-0.4, -0.2) is 39.5 Å². The summed E-state index contributed by atoms with van der Waals surface area (Å²) in [5, 5.41) is 10.5. The monoisotopic (exact) mass is 267 g/mol. The second-order valence-corrected chi connectivity index (χ2v) is 5.88. The van der Waals surface area contributed by atoms with Gasteiger partial charge in [-0.1, -0.05) is 0 Å². The summed E-state index contributed by atoms with van der Waals surface area (Å²) in [5.41, 5.74) is -1.10. The van der Waals surface area contributed by atoms with E-state index in [1.54, 1.807) is 18.1 Å². The van der Waals surface area contributed by atoms with Gasteiger partial charge in [-0.2, -0.15) is 5.10 Å². The molecule has 2 N–H and O–H groups in total. The first-order valence-electron chi connectivity index (χ1n) is 6.39. The predicted octanol–water partition coefficient (Wildman–Crippen LogP) is 0.528. The highest BCUT2D eigenvalue weighted by molar-refractivity contribution is 5.69. The summed E-state index contributed by atoms with van der Waals surface area (Å²) >= 11 is 0. The Bertz CT molecular complexity index is 457. The molecule has 0 aromatic carbocycles. The van der Waals surface area contributed by atoms with Gasteiger partial charge in [-0.15, -0.1) is 0 Å². The van der Waals surface area contributed by atoms with Gasteiger partial charge in [0.05, 0.1) is 0 Å². The fourth-order valence-electron chi connectivity index (χ4n) is 2.10. The number of nitrogens with one attached hydrogen (secondary N) is 2. The van der Waals surface area contributed by atoms with Crippen LogP contribution in [0.3, 0.4) is 0 Å². The van der Waals surface area contributed by atoms with Crippen molar-refractivity contribution in [1.82, 2.24) is 25.4 Å². The number of aromatic nitrogens is 3. The van der Waals surface area contributed by atoms with Crippen LogP contribution in [-0.2, 0) is 17.3 Å². The molecular weight excluding hydrogens is 246 g/mol. The second-order valence-electron chi connectivity index (χ2n) is 5.88. The maximum atomic E-state index is 12.0. The van der Waals surface area contributed by atoms with E-state index in [1.165, 1.54) is 0 Å². The van der Waals surface area contributed by atoms with Crippen molar-refractivity contribution in [2.75, 3.05) is 13.1 Å². The quantitative estimate of drug-likeness (QED) is 0.817. The van der Waals surface area contributed by atoms with E-state index in [9.17, 15) is 4.79 Å². The van der Waals surface area contributed by atoms with Crippen LogP contribution in [0.1, 0.15) is 33.0 Å². The van der Waals surface area contributed by atoms with Gasteiger partial charge in [-0.05, 0) is 33.7 Å².